The number of nitrogen functional groups attached to an aromatic ring is 1. The molecular formula is C34H49ClN10O10S. The Balaban J connectivity index is 0.000000373. The number of fused-ring (bicyclic) bond motifs is 2. The van der Waals surface area contributed by atoms with Crippen LogP contribution in [-0.2, 0) is 20.9 Å². The van der Waals surface area contributed by atoms with E-state index in [4.69, 9.17) is 26.2 Å². The molecule has 2 aliphatic heterocycles. The minimum Gasteiger partial charge on any atom is -1.00 e. The number of carbonyl (C=O) groups excluding carboxylic acids is 2. The summed E-state index contributed by atoms with van der Waals surface area (Å²) in [7, 11) is 6.16. The lowest BCUT2D eigenvalue weighted by Crippen LogP contribution is -3.00. The number of H-pyrrole nitrogens is 1. The van der Waals surface area contributed by atoms with E-state index in [-0.39, 0.29) is 85.6 Å². The number of aromatic nitrogens is 4. The van der Waals surface area contributed by atoms with Crippen LogP contribution in [-0.4, -0.2) is 138 Å². The average Bonchev–Trinajstić information content (AvgIpc) is 3.66. The Kier molecular flexibility index (Phi) is 18.7. The van der Waals surface area contributed by atoms with E-state index < -0.39 is 35.4 Å². The van der Waals surface area contributed by atoms with Crippen LogP contribution in [0.15, 0.2) is 35.3 Å². The molecule has 0 aliphatic carbocycles. The summed E-state index contributed by atoms with van der Waals surface area (Å²) in [6, 6.07) is 5.30. The number of thioether (sulfide) groups is 1. The zero-order valence-corrected chi connectivity index (χ0v) is 32.7. The van der Waals surface area contributed by atoms with Crippen molar-refractivity contribution in [2.24, 2.45) is 0 Å². The number of amides is 3. The molecule has 0 unspecified atom stereocenters. The summed E-state index contributed by atoms with van der Waals surface area (Å²) in [6.45, 7) is 1.35. The van der Waals surface area contributed by atoms with E-state index in [1.807, 2.05) is 11.8 Å². The van der Waals surface area contributed by atoms with Crippen molar-refractivity contribution in [3.63, 3.8) is 0 Å². The van der Waals surface area contributed by atoms with Gasteiger partial charge in [0.15, 0.2) is 11.2 Å². The maximum absolute atomic E-state index is 12.3. The number of anilines is 2. The number of nitrogens with two attached hydrogens (primary N) is 1. The van der Waals surface area contributed by atoms with E-state index in [2.05, 4.69) is 62.3 Å². The summed E-state index contributed by atoms with van der Waals surface area (Å²) in [5, 5.41) is 46.4. The number of aromatic amines is 1. The Morgan fingerprint density at radius 1 is 1.00 bits per heavy atom. The van der Waals surface area contributed by atoms with Crippen LogP contribution in [0.3, 0.4) is 0 Å². The van der Waals surface area contributed by atoms with Gasteiger partial charge in [-0.3, -0.25) is 19.2 Å². The van der Waals surface area contributed by atoms with E-state index in [0.29, 0.717) is 16.6 Å². The van der Waals surface area contributed by atoms with Gasteiger partial charge in [0.2, 0.25) is 5.95 Å². The second kappa shape index (κ2) is 22.3. The highest BCUT2D eigenvalue weighted by atomic mass is 35.5. The minimum atomic E-state index is -1.31. The van der Waals surface area contributed by atoms with E-state index >= 15 is 0 Å². The molecule has 2 fully saturated rings. The van der Waals surface area contributed by atoms with Crippen molar-refractivity contribution >= 4 is 64.4 Å². The van der Waals surface area contributed by atoms with Gasteiger partial charge in [0.1, 0.15) is 12.6 Å². The third-order valence-electron chi connectivity index (χ3n) is 8.20. The zero-order chi connectivity index (χ0) is 40.7. The van der Waals surface area contributed by atoms with Gasteiger partial charge in [0, 0.05) is 35.1 Å². The Morgan fingerprint density at radius 3 is 2.27 bits per heavy atom. The van der Waals surface area contributed by atoms with Gasteiger partial charge >= 0.3 is 29.5 Å². The number of likely N-dealkylation sites (N-methyl/N-ethyl adjacent to an activating group) is 1. The number of urea groups is 1. The molecule has 0 bridgehead atoms. The summed E-state index contributed by atoms with van der Waals surface area (Å²) >= 11 is 1.87. The maximum atomic E-state index is 12.3. The van der Waals surface area contributed by atoms with Crippen LogP contribution < -0.4 is 45.0 Å². The molecular weight excluding hydrogens is 776 g/mol. The molecule has 56 heavy (non-hydrogen) atoms. The number of carboxylic acid groups (broad SMARTS) is 3. The third kappa shape index (κ3) is 15.8. The third-order valence-corrected chi connectivity index (χ3v) is 9.71. The van der Waals surface area contributed by atoms with Crippen LogP contribution in [0, 0.1) is 0 Å². The van der Waals surface area contributed by atoms with Gasteiger partial charge in [-0.05, 0) is 43.5 Å². The van der Waals surface area contributed by atoms with Crippen LogP contribution >= 0.6 is 11.8 Å². The van der Waals surface area contributed by atoms with Gasteiger partial charge in [-0.1, -0.05) is 6.42 Å². The normalized spacial score (nSPS) is 17.3. The van der Waals surface area contributed by atoms with Crippen molar-refractivity contribution in [2.45, 2.75) is 68.4 Å². The molecule has 0 radical (unpaired) electrons. The monoisotopic (exact) mass is 824 g/mol. The SMILES string of the molecule is C[N+](C)(C)CCO.Nc1nc(=O)c2nc(CNc3ccc(C(=O)N[C@@H](CCC(=O)O)C(=O)O)cc3)cnc2[nH]1.O=C(O)CCCC[C@@H]1SC[C@@H]2NC(=O)N[C@@H]21.[Cl-]. The first kappa shape index (κ1) is 46.9. The number of hydrogen-bond acceptors (Lipinski definition) is 13. The molecule has 3 aromatic rings. The molecule has 20 nitrogen and oxygen atoms in total. The van der Waals surface area contributed by atoms with Crippen LogP contribution in [0.25, 0.3) is 11.2 Å². The predicted molar refractivity (Wildman–Crippen MR) is 203 cm³/mol. The number of aliphatic hydroxyl groups is 1. The highest BCUT2D eigenvalue weighted by molar-refractivity contribution is 8.00. The van der Waals surface area contributed by atoms with Crippen molar-refractivity contribution in [3.05, 3.63) is 52.1 Å². The molecule has 1 aromatic carbocycles. The first-order chi connectivity index (χ1) is 25.9. The van der Waals surface area contributed by atoms with Gasteiger partial charge < -0.3 is 69.3 Å². The molecule has 5 rings (SSSR count). The number of carbonyl (C=O) groups is 5. The Morgan fingerprint density at radius 2 is 1.68 bits per heavy atom. The molecule has 0 saturated carbocycles. The molecule has 11 N–H and O–H groups in total. The molecule has 22 heteroatoms. The summed E-state index contributed by atoms with van der Waals surface area (Å²) < 4.78 is 0.844. The van der Waals surface area contributed by atoms with Crippen LogP contribution in [0.4, 0.5) is 16.4 Å². The number of aliphatic carboxylic acids is 3. The smallest absolute Gasteiger partial charge is 0.326 e. The lowest BCUT2D eigenvalue weighted by molar-refractivity contribution is -0.870. The summed E-state index contributed by atoms with van der Waals surface area (Å²) in [5.74, 6) is -2.92. The van der Waals surface area contributed by atoms with Crippen molar-refractivity contribution < 1.29 is 61.3 Å². The second-order valence-electron chi connectivity index (χ2n) is 13.7. The second-order valence-corrected chi connectivity index (χ2v) is 15.0. The number of nitrogens with zero attached hydrogens (tertiary/aromatic N) is 4. The first-order valence-electron chi connectivity index (χ1n) is 17.4. The molecule has 2 saturated heterocycles. The van der Waals surface area contributed by atoms with E-state index in [1.54, 1.807) is 12.1 Å². The molecule has 308 valence electrons. The topological polar surface area (TPSA) is 312 Å². The largest absolute Gasteiger partial charge is 1.00 e. The summed E-state index contributed by atoms with van der Waals surface area (Å²) in [5.41, 5.74) is 6.47. The fourth-order valence-electron chi connectivity index (χ4n) is 5.33. The quantitative estimate of drug-likeness (QED) is 0.0404. The van der Waals surface area contributed by atoms with E-state index in [9.17, 15) is 28.8 Å². The molecule has 4 atom stereocenters. The zero-order valence-electron chi connectivity index (χ0n) is 31.2. The number of benzene rings is 1. The predicted octanol–water partition coefficient (Wildman–Crippen LogP) is -2.56. The van der Waals surface area contributed by atoms with Gasteiger partial charge in [-0.2, -0.15) is 16.7 Å². The highest BCUT2D eigenvalue weighted by Crippen LogP contribution is 2.33. The molecule has 4 heterocycles. The van der Waals surface area contributed by atoms with Gasteiger partial charge in [-0.15, -0.1) is 0 Å². The van der Waals surface area contributed by atoms with Gasteiger partial charge in [-0.25, -0.2) is 19.6 Å². The number of hydrogen-bond donors (Lipinski definition) is 10. The fourth-order valence-corrected chi connectivity index (χ4v) is 6.87. The van der Waals surface area contributed by atoms with Crippen LogP contribution in [0.2, 0.25) is 0 Å². The standard InChI is InChI=1S/C19H19N7O6.C10H16N2O3S.C5H14NO.ClH/c20-19-25-15-14(17(30)26-19)23-11(8-22-15)7-21-10-3-1-9(2-4-10)16(29)24-12(18(31)32)5-6-13(27)28;13-8(14)4-2-1-3-7-9-6(5-16-7)11-10(15)12-9;1-6(2,3)4-5-7;/h1-4,8,12,21H,5-7H2,(H,24,29)(H,27,28)(H,31,32)(H3,20,22,25,26,30);6-7,9H,1-5H2,(H,13,14)(H2,11,12,15);7H,4-5H2,1-3H3;1H/q;;+1;/p-1/t12-;6-,7-,9-;;/m00../s1. The fraction of sp³-hybridized carbons (Fsp3) is 0.500. The lowest BCUT2D eigenvalue weighted by atomic mass is 10.0. The van der Waals surface area contributed by atoms with E-state index in [1.165, 1.54) is 18.3 Å². The van der Waals surface area contributed by atoms with Gasteiger partial charge in [0.25, 0.3) is 5.91 Å². The number of rotatable bonds is 16. The summed E-state index contributed by atoms with van der Waals surface area (Å²) in [4.78, 5) is 82.0. The number of unbranched alkanes of at least 4 members (excludes halogenated alkanes) is 1. The number of halogens is 1. The Labute approximate surface area is 332 Å². The Hall–Kier alpha value is -5.25. The van der Waals surface area contributed by atoms with Crippen LogP contribution in [0.5, 0.6) is 0 Å². The highest BCUT2D eigenvalue weighted by Gasteiger charge is 2.42. The first-order valence-corrected chi connectivity index (χ1v) is 18.4. The molecule has 2 aliphatic rings. The maximum Gasteiger partial charge on any atom is 0.326 e. The van der Waals surface area contributed by atoms with Crippen molar-refractivity contribution in [1.82, 2.24) is 35.9 Å². The van der Waals surface area contributed by atoms with Crippen molar-refractivity contribution in [3.8, 4) is 0 Å². The minimum absolute atomic E-state index is 0. The lowest BCUT2D eigenvalue weighted by Gasteiger charge is -2.21. The number of aliphatic hydroxyl groups excluding tert-OH is 1. The van der Waals surface area contributed by atoms with Crippen LogP contribution in [0.1, 0.15) is 54.6 Å². The molecule has 3 amide bonds. The number of nitrogens with one attached hydrogen (secondary N) is 5. The Bertz CT molecular complexity index is 1860. The number of quaternary nitrogens is 1. The number of carboxylic acids is 3. The van der Waals surface area contributed by atoms with Gasteiger partial charge in [0.05, 0.1) is 58.3 Å². The molecule has 2 aromatic heterocycles. The van der Waals surface area contributed by atoms with Crippen molar-refractivity contribution in [1.29, 1.82) is 0 Å². The molecule has 0 spiro atoms. The van der Waals surface area contributed by atoms with Crippen molar-refractivity contribution in [2.75, 3.05) is 51.1 Å². The van der Waals surface area contributed by atoms with E-state index in [0.717, 1.165) is 36.0 Å². The summed E-state index contributed by atoms with van der Waals surface area (Å²) in [6.07, 6.45) is 3.74. The average molecular weight is 825 g/mol.